The minimum Gasteiger partial charge on any atom is -0.427 e. The highest BCUT2D eigenvalue weighted by Gasteiger charge is 2.26. The smallest absolute Gasteiger partial charge is 0.298 e. The molecule has 0 N–H and O–H groups in total. The molecule has 2 aliphatic rings. The van der Waals surface area contributed by atoms with Crippen molar-refractivity contribution in [3.63, 3.8) is 0 Å². The van der Waals surface area contributed by atoms with E-state index in [9.17, 15) is 4.79 Å². The topological polar surface area (TPSA) is 36.0 Å². The number of ether oxygens (including phenoxy) is 1. The van der Waals surface area contributed by atoms with E-state index in [4.69, 9.17) is 4.74 Å². The molecule has 1 heterocycles. The van der Waals surface area contributed by atoms with Crippen molar-refractivity contribution in [2.24, 2.45) is 5.92 Å². The molecule has 1 saturated heterocycles. The van der Waals surface area contributed by atoms with Gasteiger partial charge < -0.3 is 19.4 Å². The normalized spacial score (nSPS) is 18.9. The fraction of sp³-hybridized carbons (Fsp3) is 0.650. The van der Waals surface area contributed by atoms with E-state index in [0.29, 0.717) is 12.2 Å². The highest BCUT2D eigenvalue weighted by Crippen LogP contribution is 2.30. The summed E-state index contributed by atoms with van der Waals surface area (Å²) in [6, 6.07) is 7.70. The summed E-state index contributed by atoms with van der Waals surface area (Å²) in [5.74, 6) is 1.64. The van der Waals surface area contributed by atoms with Crippen molar-refractivity contribution in [1.29, 1.82) is 0 Å². The predicted molar refractivity (Wildman–Crippen MR) is 101 cm³/mol. The molecule has 3 rings (SSSR count). The molecule has 5 nitrogen and oxygen atoms in total. The van der Waals surface area contributed by atoms with Gasteiger partial charge in [0.2, 0.25) is 0 Å². The Labute approximate surface area is 151 Å². The molecule has 138 valence electrons. The second-order valence-electron chi connectivity index (χ2n) is 7.40. The Bertz CT molecular complexity index is 539. The first-order valence-corrected chi connectivity index (χ1v) is 9.61. The Morgan fingerprint density at radius 2 is 1.84 bits per heavy atom. The van der Waals surface area contributed by atoms with Crippen LogP contribution < -0.4 is 9.64 Å². The van der Waals surface area contributed by atoms with Crippen LogP contribution in [0.2, 0.25) is 0 Å². The third-order valence-electron chi connectivity index (χ3n) is 5.35. The number of rotatable bonds is 10. The average Bonchev–Trinajstić information content (AvgIpc) is 3.45. The number of unbranched alkanes of at least 4 members (excludes halogenated alkanes) is 1. The Balaban J connectivity index is 1.32. The van der Waals surface area contributed by atoms with Crippen LogP contribution in [0, 0.1) is 5.92 Å². The Morgan fingerprint density at radius 1 is 1.12 bits per heavy atom. The third kappa shape index (κ3) is 5.72. The molecule has 1 aliphatic heterocycles. The molecule has 1 aliphatic carbocycles. The van der Waals surface area contributed by atoms with Crippen LogP contribution >= 0.6 is 0 Å². The fourth-order valence-electron chi connectivity index (χ4n) is 3.59. The summed E-state index contributed by atoms with van der Waals surface area (Å²) < 4.78 is 5.07. The van der Waals surface area contributed by atoms with E-state index >= 15 is 0 Å². The van der Waals surface area contributed by atoms with Crippen LogP contribution in [0.5, 0.6) is 5.75 Å². The number of anilines is 1. The lowest BCUT2D eigenvalue weighted by molar-refractivity contribution is -0.120. The zero-order valence-corrected chi connectivity index (χ0v) is 15.4. The molecule has 25 heavy (non-hydrogen) atoms. The van der Waals surface area contributed by atoms with Crippen LogP contribution in [0.3, 0.4) is 0 Å². The lowest BCUT2D eigenvalue weighted by Gasteiger charge is -2.34. The van der Waals surface area contributed by atoms with Gasteiger partial charge in [0.15, 0.2) is 5.75 Å². The molecule has 1 aromatic rings. The molecule has 0 amide bonds. The first-order chi connectivity index (χ1) is 12.3. The summed E-state index contributed by atoms with van der Waals surface area (Å²) in [5.41, 5.74) is 0.975. The molecule has 0 atom stereocenters. The van der Waals surface area contributed by atoms with Crippen molar-refractivity contribution in [2.75, 3.05) is 57.8 Å². The largest absolute Gasteiger partial charge is 0.427 e. The van der Waals surface area contributed by atoms with E-state index in [1.54, 1.807) is 0 Å². The van der Waals surface area contributed by atoms with Crippen LogP contribution in [-0.4, -0.2) is 69.1 Å². The standard InChI is InChI=1S/C20H31N3O2/c1-21(19-6-2-3-7-20(19)25-17-24)10-4-5-11-22-12-14-23(15-13-22)16-18-8-9-18/h2-3,6-7,17-18H,4-5,8-16H2,1H3. The summed E-state index contributed by atoms with van der Waals surface area (Å²) in [7, 11) is 2.06. The molecule has 0 aromatic heterocycles. The van der Waals surface area contributed by atoms with Crippen molar-refractivity contribution < 1.29 is 9.53 Å². The second kappa shape index (κ2) is 9.20. The lowest BCUT2D eigenvalue weighted by Crippen LogP contribution is -2.47. The first kappa shape index (κ1) is 18.2. The van der Waals surface area contributed by atoms with Gasteiger partial charge in [-0.25, -0.2) is 0 Å². The summed E-state index contributed by atoms with van der Waals surface area (Å²) in [6.07, 6.45) is 5.27. The second-order valence-corrected chi connectivity index (χ2v) is 7.40. The monoisotopic (exact) mass is 345 g/mol. The van der Waals surface area contributed by atoms with Gasteiger partial charge in [-0.1, -0.05) is 12.1 Å². The fourth-order valence-corrected chi connectivity index (χ4v) is 3.59. The van der Waals surface area contributed by atoms with Crippen LogP contribution in [0.25, 0.3) is 0 Å². The van der Waals surface area contributed by atoms with Crippen molar-refractivity contribution >= 4 is 12.2 Å². The molecular formula is C20H31N3O2. The Hall–Kier alpha value is -1.59. The van der Waals surface area contributed by atoms with E-state index in [0.717, 1.165) is 24.6 Å². The SMILES string of the molecule is CN(CCCCN1CCN(CC2CC2)CC1)c1ccccc1OC=O. The molecule has 0 unspecified atom stereocenters. The lowest BCUT2D eigenvalue weighted by atomic mass is 10.2. The quantitative estimate of drug-likeness (QED) is 0.481. The Kier molecular flexibility index (Phi) is 6.70. The molecule has 0 spiro atoms. The Morgan fingerprint density at radius 3 is 2.56 bits per heavy atom. The van der Waals surface area contributed by atoms with E-state index in [2.05, 4.69) is 21.7 Å². The van der Waals surface area contributed by atoms with Crippen molar-refractivity contribution in [2.45, 2.75) is 25.7 Å². The van der Waals surface area contributed by atoms with Gasteiger partial charge >= 0.3 is 0 Å². The third-order valence-corrected chi connectivity index (χ3v) is 5.35. The molecule has 0 radical (unpaired) electrons. The van der Waals surface area contributed by atoms with E-state index in [1.807, 2.05) is 24.3 Å². The molecule has 1 saturated carbocycles. The minimum absolute atomic E-state index is 0.496. The summed E-state index contributed by atoms with van der Waals surface area (Å²) in [4.78, 5) is 18.0. The van der Waals surface area contributed by atoms with Gasteiger partial charge in [0.25, 0.3) is 6.47 Å². The number of piperazine rings is 1. The number of nitrogens with zero attached hydrogens (tertiary/aromatic N) is 3. The minimum atomic E-state index is 0.496. The van der Waals surface area contributed by atoms with Gasteiger partial charge in [-0.15, -0.1) is 0 Å². The number of carbonyl (C=O) groups is 1. The molecule has 1 aromatic carbocycles. The number of hydrogen-bond acceptors (Lipinski definition) is 5. The van der Waals surface area contributed by atoms with Crippen molar-refractivity contribution in [3.8, 4) is 5.75 Å². The molecular weight excluding hydrogens is 314 g/mol. The van der Waals surface area contributed by atoms with Gasteiger partial charge in [-0.05, 0) is 50.3 Å². The average molecular weight is 345 g/mol. The maximum absolute atomic E-state index is 10.6. The number of benzene rings is 1. The van der Waals surface area contributed by atoms with Crippen LogP contribution in [0.4, 0.5) is 5.69 Å². The zero-order chi connectivity index (χ0) is 17.5. The summed E-state index contributed by atoms with van der Waals surface area (Å²) in [6.45, 7) is 8.92. The van der Waals surface area contributed by atoms with E-state index < -0.39 is 0 Å². The number of hydrogen-bond donors (Lipinski definition) is 0. The first-order valence-electron chi connectivity index (χ1n) is 9.61. The number of para-hydroxylation sites is 2. The van der Waals surface area contributed by atoms with Gasteiger partial charge in [0.1, 0.15) is 0 Å². The van der Waals surface area contributed by atoms with Crippen LogP contribution in [-0.2, 0) is 4.79 Å². The van der Waals surface area contributed by atoms with Gasteiger partial charge in [0.05, 0.1) is 5.69 Å². The van der Waals surface area contributed by atoms with Gasteiger partial charge in [0, 0.05) is 46.3 Å². The van der Waals surface area contributed by atoms with E-state index in [1.165, 1.54) is 58.5 Å². The summed E-state index contributed by atoms with van der Waals surface area (Å²) >= 11 is 0. The maximum atomic E-state index is 10.6. The number of carbonyl (C=O) groups excluding carboxylic acids is 1. The zero-order valence-electron chi connectivity index (χ0n) is 15.4. The molecule has 0 bridgehead atoms. The van der Waals surface area contributed by atoms with Gasteiger partial charge in [-0.2, -0.15) is 0 Å². The summed E-state index contributed by atoms with van der Waals surface area (Å²) in [5, 5.41) is 0. The van der Waals surface area contributed by atoms with Crippen LogP contribution in [0.1, 0.15) is 25.7 Å². The van der Waals surface area contributed by atoms with E-state index in [-0.39, 0.29) is 0 Å². The van der Waals surface area contributed by atoms with Crippen molar-refractivity contribution in [1.82, 2.24) is 9.80 Å². The highest BCUT2D eigenvalue weighted by molar-refractivity contribution is 5.61. The maximum Gasteiger partial charge on any atom is 0.298 e. The van der Waals surface area contributed by atoms with Gasteiger partial charge in [-0.3, -0.25) is 4.79 Å². The highest BCUT2D eigenvalue weighted by atomic mass is 16.5. The van der Waals surface area contributed by atoms with Crippen LogP contribution in [0.15, 0.2) is 24.3 Å². The van der Waals surface area contributed by atoms with Crippen molar-refractivity contribution in [3.05, 3.63) is 24.3 Å². The molecule has 5 heteroatoms. The molecule has 2 fully saturated rings. The predicted octanol–water partition coefficient (Wildman–Crippen LogP) is 2.47.